The summed E-state index contributed by atoms with van der Waals surface area (Å²) in [5.41, 5.74) is 0.793. The van der Waals surface area contributed by atoms with Crippen LogP contribution in [0.4, 0.5) is 15.9 Å². The van der Waals surface area contributed by atoms with Crippen LogP contribution in [-0.4, -0.2) is 32.0 Å². The lowest BCUT2D eigenvalue weighted by Gasteiger charge is -2.21. The summed E-state index contributed by atoms with van der Waals surface area (Å²) in [6, 6.07) is 7.99. The van der Waals surface area contributed by atoms with Crippen LogP contribution in [-0.2, 0) is 16.6 Å². The summed E-state index contributed by atoms with van der Waals surface area (Å²) < 4.78 is 41.5. The number of nitrogens with one attached hydrogen (secondary N) is 2. The Hall–Kier alpha value is -2.19. The molecule has 0 unspecified atom stereocenters. The molecule has 0 aliphatic carbocycles. The fraction of sp³-hybridized carbons (Fsp3) is 0.450. The lowest BCUT2D eigenvalue weighted by Crippen LogP contribution is -2.40. The van der Waals surface area contributed by atoms with Crippen molar-refractivity contribution in [3.8, 4) is 0 Å². The number of nitrogens with zero attached hydrogens (tertiary/aromatic N) is 2. The molecule has 1 fully saturated rings. The van der Waals surface area contributed by atoms with Gasteiger partial charge in [0.25, 0.3) is 0 Å². The van der Waals surface area contributed by atoms with Crippen LogP contribution in [0.5, 0.6) is 0 Å². The van der Waals surface area contributed by atoms with Crippen LogP contribution in [0.25, 0.3) is 0 Å². The van der Waals surface area contributed by atoms with E-state index in [4.69, 9.17) is 0 Å². The lowest BCUT2D eigenvalue weighted by molar-refractivity contribution is 0.486. The molecule has 0 saturated carbocycles. The first-order valence-electron chi connectivity index (χ1n) is 9.41. The van der Waals surface area contributed by atoms with E-state index in [0.29, 0.717) is 12.2 Å². The van der Waals surface area contributed by atoms with Crippen LogP contribution in [0, 0.1) is 5.82 Å². The third-order valence-corrected chi connectivity index (χ3v) is 6.17. The molecule has 0 bridgehead atoms. The smallest absolute Gasteiger partial charge is 0.244 e. The summed E-state index contributed by atoms with van der Waals surface area (Å²) >= 11 is 0. The molecule has 1 saturated heterocycles. The number of sulfonamides is 1. The van der Waals surface area contributed by atoms with Crippen molar-refractivity contribution >= 4 is 21.5 Å². The molecule has 0 amide bonds. The first-order valence-corrected chi connectivity index (χ1v) is 10.9. The van der Waals surface area contributed by atoms with Crippen LogP contribution >= 0.6 is 0 Å². The third-order valence-electron chi connectivity index (χ3n) is 4.40. The summed E-state index contributed by atoms with van der Waals surface area (Å²) in [6.45, 7) is 7.68. The molecule has 1 aromatic carbocycles. The van der Waals surface area contributed by atoms with Gasteiger partial charge in [-0.05, 0) is 63.4 Å². The zero-order valence-corrected chi connectivity index (χ0v) is 17.3. The van der Waals surface area contributed by atoms with Crippen LogP contribution < -0.4 is 14.9 Å². The zero-order chi connectivity index (χ0) is 20.4. The number of halogens is 1. The van der Waals surface area contributed by atoms with Crippen molar-refractivity contribution in [1.29, 1.82) is 0 Å². The van der Waals surface area contributed by atoms with Gasteiger partial charge in [0.1, 0.15) is 16.5 Å². The van der Waals surface area contributed by atoms with Gasteiger partial charge in [-0.3, -0.25) is 0 Å². The number of benzene rings is 1. The Kier molecular flexibility index (Phi) is 5.90. The Labute approximate surface area is 166 Å². The van der Waals surface area contributed by atoms with Gasteiger partial charge in [0.15, 0.2) is 0 Å². The summed E-state index contributed by atoms with van der Waals surface area (Å²) in [7, 11) is -3.95. The quantitative estimate of drug-likeness (QED) is 0.768. The van der Waals surface area contributed by atoms with Gasteiger partial charge >= 0.3 is 0 Å². The van der Waals surface area contributed by atoms with Crippen LogP contribution in [0.15, 0.2) is 41.4 Å². The van der Waals surface area contributed by atoms with Crippen molar-refractivity contribution in [2.75, 3.05) is 23.3 Å². The van der Waals surface area contributed by atoms with Gasteiger partial charge in [-0.2, -0.15) is 0 Å². The van der Waals surface area contributed by atoms with Crippen molar-refractivity contribution in [3.05, 3.63) is 47.9 Å². The average molecular weight is 407 g/mol. The van der Waals surface area contributed by atoms with Crippen molar-refractivity contribution in [3.63, 3.8) is 0 Å². The van der Waals surface area contributed by atoms with Gasteiger partial charge in [0.2, 0.25) is 10.0 Å². The number of pyridine rings is 1. The standard InChI is InChI=1S/C20H27FN4O2S/c1-20(2,3)24-28(26,27)18-12-16(7-8-17(18)21)22-13-15-6-9-19(23-14-15)25-10-4-5-11-25/h6-9,12,14,22,24H,4-5,10-11,13H2,1-3H3. The van der Waals surface area contributed by atoms with E-state index in [1.807, 2.05) is 18.3 Å². The van der Waals surface area contributed by atoms with Crippen molar-refractivity contribution in [2.45, 2.75) is 50.6 Å². The molecule has 0 radical (unpaired) electrons. The zero-order valence-electron chi connectivity index (χ0n) is 16.5. The SMILES string of the molecule is CC(C)(C)NS(=O)(=O)c1cc(NCc2ccc(N3CCCC3)nc2)ccc1F. The molecule has 0 spiro atoms. The largest absolute Gasteiger partial charge is 0.381 e. The number of hydrogen-bond donors (Lipinski definition) is 2. The molecule has 2 heterocycles. The molecule has 1 aromatic heterocycles. The fourth-order valence-corrected chi connectivity index (χ4v) is 4.66. The Morgan fingerprint density at radius 1 is 1.14 bits per heavy atom. The van der Waals surface area contributed by atoms with E-state index < -0.39 is 21.4 Å². The van der Waals surface area contributed by atoms with E-state index in [1.54, 1.807) is 20.8 Å². The number of aromatic nitrogens is 1. The highest BCUT2D eigenvalue weighted by Gasteiger charge is 2.25. The van der Waals surface area contributed by atoms with E-state index in [-0.39, 0.29) is 4.90 Å². The molecule has 1 aliphatic rings. The van der Waals surface area contributed by atoms with E-state index >= 15 is 0 Å². The van der Waals surface area contributed by atoms with Gasteiger partial charge in [0.05, 0.1) is 0 Å². The molecule has 2 aromatic rings. The minimum atomic E-state index is -3.95. The molecular formula is C20H27FN4O2S. The molecule has 6 nitrogen and oxygen atoms in total. The van der Waals surface area contributed by atoms with Gasteiger partial charge in [0, 0.05) is 37.1 Å². The molecule has 1 aliphatic heterocycles. The third kappa shape index (κ3) is 5.20. The number of hydrogen-bond acceptors (Lipinski definition) is 5. The molecule has 28 heavy (non-hydrogen) atoms. The number of rotatable bonds is 6. The van der Waals surface area contributed by atoms with E-state index in [0.717, 1.165) is 30.5 Å². The first kappa shape index (κ1) is 20.5. The van der Waals surface area contributed by atoms with E-state index in [9.17, 15) is 12.8 Å². The Morgan fingerprint density at radius 3 is 2.46 bits per heavy atom. The highest BCUT2D eigenvalue weighted by Crippen LogP contribution is 2.22. The average Bonchev–Trinajstić information content (AvgIpc) is 3.14. The highest BCUT2D eigenvalue weighted by molar-refractivity contribution is 7.89. The second kappa shape index (κ2) is 8.05. The number of anilines is 2. The van der Waals surface area contributed by atoms with Gasteiger partial charge in [-0.25, -0.2) is 22.5 Å². The maximum Gasteiger partial charge on any atom is 0.244 e. The Morgan fingerprint density at radius 2 is 1.86 bits per heavy atom. The van der Waals surface area contributed by atoms with Crippen molar-refractivity contribution < 1.29 is 12.8 Å². The van der Waals surface area contributed by atoms with E-state index in [1.165, 1.54) is 25.0 Å². The van der Waals surface area contributed by atoms with Gasteiger partial charge < -0.3 is 10.2 Å². The second-order valence-electron chi connectivity index (χ2n) is 8.07. The summed E-state index contributed by atoms with van der Waals surface area (Å²) in [5, 5.41) is 3.14. The van der Waals surface area contributed by atoms with Gasteiger partial charge in [-0.15, -0.1) is 0 Å². The highest BCUT2D eigenvalue weighted by atomic mass is 32.2. The van der Waals surface area contributed by atoms with Crippen LogP contribution in [0.3, 0.4) is 0 Å². The summed E-state index contributed by atoms with van der Waals surface area (Å²) in [4.78, 5) is 6.40. The normalized spacial score (nSPS) is 15.1. The Bertz CT molecular complexity index is 918. The summed E-state index contributed by atoms with van der Waals surface area (Å²) in [6.07, 6.45) is 4.21. The fourth-order valence-electron chi connectivity index (χ4n) is 3.14. The predicted molar refractivity (Wildman–Crippen MR) is 109 cm³/mol. The van der Waals surface area contributed by atoms with E-state index in [2.05, 4.69) is 19.9 Å². The molecule has 152 valence electrons. The Balaban J connectivity index is 1.69. The lowest BCUT2D eigenvalue weighted by atomic mass is 10.1. The predicted octanol–water partition coefficient (Wildman–Crippen LogP) is 3.51. The molecule has 2 N–H and O–H groups in total. The minimum absolute atomic E-state index is 0.366. The van der Waals surface area contributed by atoms with Crippen molar-refractivity contribution in [2.24, 2.45) is 0 Å². The maximum atomic E-state index is 14.1. The summed E-state index contributed by atoms with van der Waals surface area (Å²) in [5.74, 6) is 0.198. The second-order valence-corrected chi connectivity index (χ2v) is 9.72. The first-order chi connectivity index (χ1) is 13.1. The molecule has 8 heteroatoms. The van der Waals surface area contributed by atoms with Gasteiger partial charge in [-0.1, -0.05) is 6.07 Å². The monoisotopic (exact) mass is 406 g/mol. The molecule has 0 atom stereocenters. The minimum Gasteiger partial charge on any atom is -0.381 e. The topological polar surface area (TPSA) is 74.3 Å². The molecular weight excluding hydrogens is 379 g/mol. The van der Waals surface area contributed by atoms with Crippen molar-refractivity contribution in [1.82, 2.24) is 9.71 Å². The van der Waals surface area contributed by atoms with Crippen LogP contribution in [0.2, 0.25) is 0 Å². The van der Waals surface area contributed by atoms with Crippen LogP contribution in [0.1, 0.15) is 39.2 Å². The maximum absolute atomic E-state index is 14.1. The molecule has 3 rings (SSSR count).